The maximum absolute atomic E-state index is 6.13. The van der Waals surface area contributed by atoms with E-state index < -0.39 is 0 Å². The van der Waals surface area contributed by atoms with Crippen LogP contribution in [0.4, 0.5) is 34.1 Å². The molecule has 540 valence electrons. The van der Waals surface area contributed by atoms with Crippen LogP contribution in [-0.4, -0.2) is 53.2 Å². The van der Waals surface area contributed by atoms with Crippen LogP contribution in [0.5, 0.6) is 0 Å². The fraction of sp³-hybridized carbons (Fsp3) is 0. The van der Waals surface area contributed by atoms with E-state index in [0.717, 1.165) is 27.8 Å². The number of rotatable bonds is 3. The van der Waals surface area contributed by atoms with Gasteiger partial charge in [-0.15, -0.1) is 22.7 Å². The summed E-state index contributed by atoms with van der Waals surface area (Å²) in [7, 11) is 0.0159. The van der Waals surface area contributed by atoms with E-state index in [1.807, 2.05) is 41.0 Å². The molecule has 15 heterocycles. The summed E-state index contributed by atoms with van der Waals surface area (Å²) in [4.78, 5) is 12.5. The van der Waals surface area contributed by atoms with Crippen molar-refractivity contribution in [3.05, 3.63) is 358 Å². The number of nitrogens with zero attached hydrogens (tertiary/aromatic N) is 10. The Morgan fingerprint density at radius 1 is 0.256 bits per heavy atom. The summed E-state index contributed by atoms with van der Waals surface area (Å²) in [6.45, 7) is 0. The van der Waals surface area contributed by atoms with Crippen LogP contribution in [0.25, 0.3) is 195 Å². The van der Waals surface area contributed by atoms with Crippen molar-refractivity contribution in [2.75, 3.05) is 14.4 Å². The van der Waals surface area contributed by atoms with Crippen LogP contribution >= 0.6 is 22.7 Å². The van der Waals surface area contributed by atoms with E-state index in [1.54, 1.807) is 0 Å². The van der Waals surface area contributed by atoms with Crippen LogP contribution < -0.4 is 14.4 Å². The second kappa shape index (κ2) is 23.0. The topological polar surface area (TPSA) is 65.3 Å². The molecule has 6 aliphatic heterocycles. The molecule has 0 bridgehead atoms. The smallest absolute Gasteiger partial charge is 0.456 e. The Morgan fingerprint density at radius 3 is 1.32 bits per heavy atom. The Balaban J connectivity index is 0.0000000917. The van der Waals surface area contributed by atoms with Crippen molar-refractivity contribution in [2.45, 2.75) is 0 Å². The van der Waals surface area contributed by atoms with Gasteiger partial charge in [-0.3, -0.25) is 0 Å². The highest BCUT2D eigenvalue weighted by atomic mass is 32.1. The van der Waals surface area contributed by atoms with Crippen molar-refractivity contribution in [2.24, 2.45) is 0 Å². The zero-order valence-electron chi connectivity index (χ0n) is 62.5. The summed E-state index contributed by atoms with van der Waals surface area (Å²) in [5.41, 5.74) is 30.7. The van der Waals surface area contributed by atoms with Gasteiger partial charge in [0.25, 0.3) is 0 Å². The molecule has 0 N–H and O–H groups in total. The van der Waals surface area contributed by atoms with Gasteiger partial charge in [0.15, 0.2) is 0 Å². The third kappa shape index (κ3) is 8.28. The Hall–Kier alpha value is -14.7. The molecule has 6 aliphatic rings. The molecule has 0 saturated carbocycles. The van der Waals surface area contributed by atoms with E-state index in [2.05, 4.69) is 381 Å². The molecule has 24 aromatic rings. The van der Waals surface area contributed by atoms with Crippen molar-refractivity contribution in [3.8, 4) is 67.3 Å². The van der Waals surface area contributed by atoms with Crippen LogP contribution in [0.2, 0.25) is 0 Å². The number of imidazole rings is 1. The fourth-order valence-corrected chi connectivity index (χ4v) is 23.7. The number of benzene rings is 15. The zero-order valence-corrected chi connectivity index (χ0v) is 64.1. The van der Waals surface area contributed by atoms with E-state index in [1.165, 1.54) is 201 Å². The Labute approximate surface area is 677 Å². The van der Waals surface area contributed by atoms with E-state index >= 15 is 0 Å². The standard InChI is InChI=1S/C34H20BN3O.C34H20BN3S.C33H19BN4S/c1-4-11-29-23(8-1)27-19-22(21-15-16-33-26(18-21)24-9-3-6-14-32(24)39-33)20-31-34(27)38(29)35-36-17-7-13-28(36)25-10-2-5-12-30(25)37(31)35;1-4-14-29-23(9-1)27-19-21(22-12-7-13-25-24-10-3-6-17-32(24)39-34(22)25)20-31-33(27)38(29)35-36-18-8-16-28(36)26-11-2-5-15-30(26)37(31)35;1-3-12-27-22(7-1)24-10-6-13-29-31(24)38(27)34-36-18-17-35-33(36)26-19-20(15-16-28(26)37(29)34)21-9-5-11-25-23-8-2-4-14-30(23)39-32(21)25/h2*1-20H;1-19H. The third-order valence-electron chi connectivity index (χ3n) is 25.9. The molecule has 0 radical (unpaired) electrons. The largest absolute Gasteiger partial charge is 0.519 e. The monoisotopic (exact) mass is 1520 g/mol. The number of hydrogen-bond donors (Lipinski definition) is 0. The van der Waals surface area contributed by atoms with Gasteiger partial charge in [0.05, 0.1) is 33.6 Å². The zero-order chi connectivity index (χ0) is 75.7. The lowest BCUT2D eigenvalue weighted by atomic mass is 9.83. The predicted octanol–water partition coefficient (Wildman–Crippen LogP) is 26.4. The number of fused-ring (bicyclic) bond motifs is 42. The maximum atomic E-state index is 6.13. The summed E-state index contributed by atoms with van der Waals surface area (Å²) in [6, 6.07) is 122. The van der Waals surface area contributed by atoms with Gasteiger partial charge < -0.3 is 45.7 Å². The van der Waals surface area contributed by atoms with Crippen molar-refractivity contribution >= 4 is 206 Å². The van der Waals surface area contributed by atoms with Crippen molar-refractivity contribution in [1.82, 2.24) is 31.9 Å². The molecule has 0 saturated heterocycles. The highest BCUT2D eigenvalue weighted by Gasteiger charge is 2.49. The quantitative estimate of drug-likeness (QED) is 0.165. The Kier molecular flexibility index (Phi) is 12.4. The molecule has 9 aromatic heterocycles. The normalized spacial score (nSPS) is 13.5. The van der Waals surface area contributed by atoms with Crippen molar-refractivity contribution in [1.29, 1.82) is 0 Å². The summed E-state index contributed by atoms with van der Waals surface area (Å²) in [5, 5.41) is 15.4. The van der Waals surface area contributed by atoms with Crippen molar-refractivity contribution in [3.63, 3.8) is 0 Å². The lowest BCUT2D eigenvalue weighted by Gasteiger charge is -2.34. The van der Waals surface area contributed by atoms with Crippen LogP contribution in [0.3, 0.4) is 0 Å². The van der Waals surface area contributed by atoms with Gasteiger partial charge in [0.2, 0.25) is 0 Å². The van der Waals surface area contributed by atoms with Gasteiger partial charge in [0, 0.05) is 158 Å². The van der Waals surface area contributed by atoms with Gasteiger partial charge in [-0.2, -0.15) is 0 Å². The predicted molar refractivity (Wildman–Crippen MR) is 491 cm³/mol. The molecule has 0 atom stereocenters. The average molecular weight is 1530 g/mol. The molecule has 0 spiro atoms. The van der Waals surface area contributed by atoms with Crippen molar-refractivity contribution < 1.29 is 4.42 Å². The average Bonchev–Trinajstić information content (AvgIpc) is 1.53. The summed E-state index contributed by atoms with van der Waals surface area (Å²) in [5.74, 6) is 1.01. The SMILES string of the molecule is c1ccc2c(c1)-c1cccn1B1N2c2cc(-c3ccc4oc5ccccc5c4c3)cc3c4ccccc4n1c23.c1ccc2c(c1)-c1cccn1B1N2c2cc(-c3cccc4c3sc3ccccc34)cc3c4ccccc4n1c23.c1ccc2c(c1)sc1c(-c3ccc4c(c3)-c3nccn3B3N4c4cccc5c6ccccc6n3c45)cccc12. The van der Waals surface area contributed by atoms with Gasteiger partial charge >= 0.3 is 21.4 Å². The van der Waals surface area contributed by atoms with Crippen LogP contribution in [0, 0.1) is 0 Å². The maximum Gasteiger partial charge on any atom is 0.519 e. The molecule has 16 heteroatoms. The number of anilines is 6. The van der Waals surface area contributed by atoms with E-state index in [4.69, 9.17) is 9.40 Å². The van der Waals surface area contributed by atoms with Gasteiger partial charge in [-0.1, -0.05) is 206 Å². The highest BCUT2D eigenvalue weighted by molar-refractivity contribution is 7.26. The van der Waals surface area contributed by atoms with Crippen LogP contribution in [0.15, 0.2) is 363 Å². The minimum atomic E-state index is -0.0216. The molecule has 30 rings (SSSR count). The third-order valence-corrected chi connectivity index (χ3v) is 28.4. The Morgan fingerprint density at radius 2 is 0.692 bits per heavy atom. The molecular weight excluding hydrogens is 1470 g/mol. The molecular formula is C101H59B3N10OS2. The first-order valence-corrected chi connectivity index (χ1v) is 41.7. The summed E-state index contributed by atoms with van der Waals surface area (Å²) in [6.07, 6.45) is 8.51. The first kappa shape index (κ1) is 62.8. The van der Waals surface area contributed by atoms with Gasteiger partial charge in [0.1, 0.15) is 17.0 Å². The van der Waals surface area contributed by atoms with Crippen LogP contribution in [-0.2, 0) is 0 Å². The molecule has 0 fully saturated rings. The van der Waals surface area contributed by atoms with E-state index in [-0.39, 0.29) is 21.4 Å². The lowest BCUT2D eigenvalue weighted by molar-refractivity contribution is 0.669. The number of para-hydroxylation sites is 7. The second-order valence-corrected chi connectivity index (χ2v) is 33.8. The molecule has 0 unspecified atom stereocenters. The number of aromatic nitrogens is 7. The minimum absolute atomic E-state index is 0.0119. The molecule has 117 heavy (non-hydrogen) atoms. The molecule has 0 aliphatic carbocycles. The lowest BCUT2D eigenvalue weighted by Crippen LogP contribution is -2.47. The fourth-order valence-electron chi connectivity index (χ4n) is 21.2. The highest BCUT2D eigenvalue weighted by Crippen LogP contribution is 2.57. The molecule has 0 amide bonds. The summed E-state index contributed by atoms with van der Waals surface area (Å²) < 4.78 is 26.2. The second-order valence-electron chi connectivity index (χ2n) is 31.7. The first-order chi connectivity index (χ1) is 58.1. The van der Waals surface area contributed by atoms with Gasteiger partial charge in [-0.05, 0) is 173 Å². The first-order valence-electron chi connectivity index (χ1n) is 40.0. The number of hydrogen-bond acceptors (Lipinski definition) is 7. The molecule has 15 aromatic carbocycles. The van der Waals surface area contributed by atoms with Crippen LogP contribution in [0.1, 0.15) is 0 Å². The number of thiophene rings is 2. The minimum Gasteiger partial charge on any atom is -0.456 e. The Bertz CT molecular complexity index is 8520. The van der Waals surface area contributed by atoms with E-state index in [9.17, 15) is 0 Å². The molecule has 11 nitrogen and oxygen atoms in total. The number of furan rings is 1. The summed E-state index contributed by atoms with van der Waals surface area (Å²) >= 11 is 3.78. The van der Waals surface area contributed by atoms with Gasteiger partial charge in [-0.25, -0.2) is 4.98 Å². The van der Waals surface area contributed by atoms with E-state index in [0.29, 0.717) is 0 Å².